The number of anilines is 1. The summed E-state index contributed by atoms with van der Waals surface area (Å²) in [5, 5.41) is 12.5. The molecule has 3 saturated heterocycles. The van der Waals surface area contributed by atoms with Gasteiger partial charge in [-0.3, -0.25) is 14.0 Å². The zero-order chi connectivity index (χ0) is 32.1. The Labute approximate surface area is 274 Å². The maximum Gasteiger partial charge on any atom is 0.119 e. The fraction of sp³-hybridized carbons (Fsp3) is 0.676. The smallest absolute Gasteiger partial charge is 0.119 e. The van der Waals surface area contributed by atoms with Crippen LogP contribution in [0.3, 0.4) is 0 Å². The van der Waals surface area contributed by atoms with Gasteiger partial charge in [-0.25, -0.2) is 0 Å². The zero-order valence-electron chi connectivity index (χ0n) is 28.4. The van der Waals surface area contributed by atoms with Gasteiger partial charge in [0.25, 0.3) is 0 Å². The Balaban J connectivity index is 1.35. The second-order valence-corrected chi connectivity index (χ2v) is 16.5. The molecule has 0 spiro atoms. The van der Waals surface area contributed by atoms with Crippen LogP contribution in [0.1, 0.15) is 88.7 Å². The molecule has 6 rings (SSSR count). The summed E-state index contributed by atoms with van der Waals surface area (Å²) >= 11 is 0. The third-order valence-electron chi connectivity index (χ3n) is 11.1. The van der Waals surface area contributed by atoms with Crippen LogP contribution >= 0.6 is 10.6 Å². The molecule has 4 heterocycles. The predicted molar refractivity (Wildman–Crippen MR) is 188 cm³/mol. The van der Waals surface area contributed by atoms with Gasteiger partial charge in [0.1, 0.15) is 5.75 Å². The van der Waals surface area contributed by atoms with Crippen molar-refractivity contribution >= 4 is 16.3 Å². The molecule has 3 fully saturated rings. The highest BCUT2D eigenvalue weighted by Gasteiger charge is 2.49. The van der Waals surface area contributed by atoms with Crippen molar-refractivity contribution in [3.05, 3.63) is 53.6 Å². The Morgan fingerprint density at radius 1 is 0.911 bits per heavy atom. The average molecular weight is 643 g/mol. The number of aliphatic hydroxyl groups excluding tert-OH is 1. The molecule has 4 aliphatic heterocycles. The minimum absolute atomic E-state index is 0.214. The van der Waals surface area contributed by atoms with Gasteiger partial charge in [0, 0.05) is 57.2 Å². The van der Waals surface area contributed by atoms with Crippen LogP contribution in [0.4, 0.5) is 5.69 Å². The largest absolute Gasteiger partial charge is 0.494 e. The van der Waals surface area contributed by atoms with Crippen molar-refractivity contribution in [3.63, 3.8) is 0 Å². The van der Waals surface area contributed by atoms with E-state index in [1.54, 1.807) is 0 Å². The minimum Gasteiger partial charge on any atom is -0.494 e. The van der Waals surface area contributed by atoms with Crippen molar-refractivity contribution in [1.29, 1.82) is 0 Å². The number of ether oxygens (including phenoxy) is 1. The van der Waals surface area contributed by atoms with E-state index < -0.39 is 22.1 Å². The van der Waals surface area contributed by atoms with Gasteiger partial charge in [0.2, 0.25) is 0 Å². The molecule has 0 saturated carbocycles. The fourth-order valence-corrected chi connectivity index (χ4v) is 10.5. The van der Waals surface area contributed by atoms with Gasteiger partial charge in [0.15, 0.2) is 0 Å². The van der Waals surface area contributed by atoms with Gasteiger partial charge in [-0.2, -0.15) is 10.6 Å². The van der Waals surface area contributed by atoms with Crippen LogP contribution < -0.4 is 9.64 Å². The van der Waals surface area contributed by atoms with E-state index in [2.05, 4.69) is 36.9 Å². The standard InChI is InChI=1S/C37H59N3O4S/c1-5-7-18-37(19-8-6-2)29-45(42,43)34-17-14-31(38(3)4)28-33(34)35(36(37)41)30-12-15-32(16-13-30)44-27-10-9-23-40-24-11-20-39(21-25-40)22-26-40/h12-17,28,35-36,41H,5-11,18-27,29H2,1-4H3,(H-,42,43)/p+1/t35-,36-/m1/s1. The number of piperazine rings is 1. The molecule has 8 heteroatoms. The highest BCUT2D eigenvalue weighted by molar-refractivity contribution is 8.24. The molecule has 0 aromatic heterocycles. The van der Waals surface area contributed by atoms with Crippen molar-refractivity contribution in [2.75, 3.05) is 77.2 Å². The summed E-state index contributed by atoms with van der Waals surface area (Å²) < 4.78 is 31.1. The summed E-state index contributed by atoms with van der Waals surface area (Å²) in [6.07, 6.45) is 8.33. The van der Waals surface area contributed by atoms with Gasteiger partial charge in [-0.05, 0) is 67.1 Å². The number of fused-ring (bicyclic) bond motifs is 5. The number of rotatable bonds is 14. The molecule has 0 radical (unpaired) electrons. The number of hydrogen-bond donors (Lipinski definition) is 3. The van der Waals surface area contributed by atoms with Gasteiger partial charge in [-0.15, -0.1) is 0 Å². The van der Waals surface area contributed by atoms with Crippen LogP contribution in [0.2, 0.25) is 0 Å². The third kappa shape index (κ3) is 7.85. The van der Waals surface area contributed by atoms with Gasteiger partial charge in [0.05, 0.1) is 49.5 Å². The van der Waals surface area contributed by atoms with Gasteiger partial charge < -0.3 is 19.2 Å². The summed E-state index contributed by atoms with van der Waals surface area (Å²) in [6, 6.07) is 14.2. The number of unbranched alkanes of at least 4 members (excludes halogenated alkanes) is 3. The lowest BCUT2D eigenvalue weighted by atomic mass is 9.68. The monoisotopic (exact) mass is 642 g/mol. The van der Waals surface area contributed by atoms with E-state index in [4.69, 9.17) is 4.74 Å². The maximum atomic E-state index is 12.5. The maximum absolute atomic E-state index is 12.5. The van der Waals surface area contributed by atoms with E-state index in [0.29, 0.717) is 11.5 Å². The number of aliphatic hydroxyl groups is 1. The first-order chi connectivity index (χ1) is 21.6. The van der Waals surface area contributed by atoms with E-state index >= 15 is 0 Å². The van der Waals surface area contributed by atoms with Crippen LogP contribution in [-0.4, -0.2) is 102 Å². The van der Waals surface area contributed by atoms with Crippen molar-refractivity contribution in [1.82, 2.24) is 4.90 Å². The SMILES string of the molecule is CCCCC1(CCCC)CS(O)(O)c2ccc(N(C)C)cc2[C@@H](c2ccc(OCCCC[N+]34CCCN(CC3)CC4)cc2)[C@H]1O. The van der Waals surface area contributed by atoms with Crippen LogP contribution in [0.25, 0.3) is 0 Å². The number of hydrogen-bond acceptors (Lipinski definition) is 6. The topological polar surface area (TPSA) is 76.4 Å². The van der Waals surface area contributed by atoms with Crippen LogP contribution in [0, 0.1) is 5.41 Å². The Bertz CT molecular complexity index is 1220. The molecule has 45 heavy (non-hydrogen) atoms. The van der Waals surface area contributed by atoms with Crippen LogP contribution in [0.15, 0.2) is 47.4 Å². The summed E-state index contributed by atoms with van der Waals surface area (Å²) in [7, 11) is 0.887. The molecule has 7 nitrogen and oxygen atoms in total. The number of benzene rings is 2. The quantitative estimate of drug-likeness (QED) is 0.147. The first kappa shape index (κ1) is 34.5. The number of nitrogens with zero attached hydrogens (tertiary/aromatic N) is 3. The molecule has 0 aliphatic carbocycles. The van der Waals surface area contributed by atoms with E-state index in [1.807, 2.05) is 43.3 Å². The summed E-state index contributed by atoms with van der Waals surface area (Å²) in [6.45, 7) is 14.1. The second-order valence-electron chi connectivity index (χ2n) is 14.5. The average Bonchev–Trinajstić information content (AvgIpc) is 3.39. The summed E-state index contributed by atoms with van der Waals surface area (Å²) in [4.78, 5) is 5.26. The molecule has 2 aromatic carbocycles. The molecule has 3 N–H and O–H groups in total. The van der Waals surface area contributed by atoms with Crippen molar-refractivity contribution in [3.8, 4) is 5.75 Å². The molecule has 2 atom stereocenters. The molecular weight excluding hydrogens is 582 g/mol. The normalized spacial score (nSPS) is 27.7. The molecule has 2 bridgehead atoms. The van der Waals surface area contributed by atoms with Crippen molar-refractivity contribution < 1.29 is 23.4 Å². The predicted octanol–water partition coefficient (Wildman–Crippen LogP) is 7.43. The lowest BCUT2D eigenvalue weighted by Crippen LogP contribution is -2.57. The highest BCUT2D eigenvalue weighted by atomic mass is 32.3. The lowest BCUT2D eigenvalue weighted by Gasteiger charge is -2.44. The van der Waals surface area contributed by atoms with Crippen LogP contribution in [-0.2, 0) is 0 Å². The van der Waals surface area contributed by atoms with Crippen molar-refractivity contribution in [2.45, 2.75) is 88.6 Å². The Hall–Kier alpha value is -1.81. The molecule has 252 valence electrons. The lowest BCUT2D eigenvalue weighted by molar-refractivity contribution is -0.929. The van der Waals surface area contributed by atoms with Gasteiger partial charge >= 0.3 is 0 Å². The Morgan fingerprint density at radius 3 is 2.24 bits per heavy atom. The van der Waals surface area contributed by atoms with Gasteiger partial charge in [-0.1, -0.05) is 51.7 Å². The van der Waals surface area contributed by atoms with E-state index in [-0.39, 0.29) is 11.7 Å². The molecule has 2 aromatic rings. The second kappa shape index (κ2) is 15.0. The summed E-state index contributed by atoms with van der Waals surface area (Å²) in [5.74, 6) is 0.706. The first-order valence-electron chi connectivity index (χ1n) is 17.7. The van der Waals surface area contributed by atoms with E-state index in [0.717, 1.165) is 67.5 Å². The highest BCUT2D eigenvalue weighted by Crippen LogP contribution is 2.62. The molecule has 0 amide bonds. The van der Waals surface area contributed by atoms with Crippen molar-refractivity contribution in [2.24, 2.45) is 5.41 Å². The molecular formula is C37H60N3O4S+. The van der Waals surface area contributed by atoms with Crippen LogP contribution in [0.5, 0.6) is 5.75 Å². The van der Waals surface area contributed by atoms with E-state index in [1.165, 1.54) is 63.1 Å². The third-order valence-corrected chi connectivity index (χ3v) is 13.2. The Kier molecular flexibility index (Phi) is 11.5. The fourth-order valence-electron chi connectivity index (χ4n) is 8.28. The molecule has 4 aliphatic rings. The van der Waals surface area contributed by atoms with E-state index in [9.17, 15) is 14.2 Å². The zero-order valence-corrected chi connectivity index (χ0v) is 29.2. The first-order valence-corrected chi connectivity index (χ1v) is 19.4. The Morgan fingerprint density at radius 2 is 1.60 bits per heavy atom. The number of quaternary nitrogens is 1. The summed E-state index contributed by atoms with van der Waals surface area (Å²) in [5.41, 5.74) is 2.24. The molecule has 0 unspecified atom stereocenters. The minimum atomic E-state index is -3.11.